The zero-order chi connectivity index (χ0) is 24.8. The van der Waals surface area contributed by atoms with E-state index in [2.05, 4.69) is 4.90 Å². The Bertz CT molecular complexity index is 1040. The lowest BCUT2D eigenvalue weighted by molar-refractivity contribution is -0.113. The molecule has 0 saturated carbocycles. The number of ether oxygens (including phenoxy) is 6. The van der Waals surface area contributed by atoms with Crippen molar-refractivity contribution in [1.29, 1.82) is 0 Å². The fourth-order valence-electron chi connectivity index (χ4n) is 3.92. The molecule has 0 unspecified atom stereocenters. The summed E-state index contributed by atoms with van der Waals surface area (Å²) < 4.78 is 32.6. The first-order valence-electron chi connectivity index (χ1n) is 10.6. The Kier molecular flexibility index (Phi) is 8.07. The number of likely N-dealkylation sites (tertiary alicyclic amines) is 1. The molecule has 34 heavy (non-hydrogen) atoms. The lowest BCUT2D eigenvalue weighted by Crippen LogP contribution is -2.34. The van der Waals surface area contributed by atoms with E-state index in [0.29, 0.717) is 58.7 Å². The van der Waals surface area contributed by atoms with Gasteiger partial charge in [0.05, 0.1) is 42.7 Å². The van der Waals surface area contributed by atoms with Crippen LogP contribution in [0.5, 0.6) is 34.5 Å². The van der Waals surface area contributed by atoms with Crippen molar-refractivity contribution >= 4 is 17.9 Å². The van der Waals surface area contributed by atoms with E-state index in [4.69, 9.17) is 28.4 Å². The van der Waals surface area contributed by atoms with Gasteiger partial charge in [0.2, 0.25) is 0 Å². The van der Waals surface area contributed by atoms with Crippen LogP contribution in [0.1, 0.15) is 11.1 Å². The topological polar surface area (TPSA) is 75.7 Å². The second kappa shape index (κ2) is 11.0. The number of likely N-dealkylation sites (N-methyl/N-ethyl adjacent to an activating group) is 1. The van der Waals surface area contributed by atoms with Gasteiger partial charge in [-0.2, -0.15) is 0 Å². The van der Waals surface area contributed by atoms with Crippen molar-refractivity contribution in [3.05, 3.63) is 46.5 Å². The number of carbonyl (C=O) groups is 1. The van der Waals surface area contributed by atoms with Gasteiger partial charge < -0.3 is 28.4 Å². The molecule has 1 aliphatic rings. The molecule has 0 atom stereocenters. The van der Waals surface area contributed by atoms with Gasteiger partial charge in [0.15, 0.2) is 28.8 Å². The van der Waals surface area contributed by atoms with E-state index < -0.39 is 0 Å². The molecule has 0 radical (unpaired) electrons. The third-order valence-corrected chi connectivity index (χ3v) is 5.60. The molecule has 182 valence electrons. The summed E-state index contributed by atoms with van der Waals surface area (Å²) in [5, 5.41) is 0. The van der Waals surface area contributed by atoms with E-state index in [-0.39, 0.29) is 5.78 Å². The van der Waals surface area contributed by atoms with Crippen LogP contribution < -0.4 is 28.4 Å². The molecule has 1 heterocycles. The van der Waals surface area contributed by atoms with Crippen LogP contribution >= 0.6 is 0 Å². The highest BCUT2D eigenvalue weighted by Crippen LogP contribution is 2.38. The first-order chi connectivity index (χ1) is 16.4. The third-order valence-electron chi connectivity index (χ3n) is 5.60. The van der Waals surface area contributed by atoms with Crippen LogP contribution in [0.2, 0.25) is 0 Å². The van der Waals surface area contributed by atoms with E-state index in [9.17, 15) is 4.79 Å². The number of ketones is 1. The summed E-state index contributed by atoms with van der Waals surface area (Å²) in [7, 11) is 11.4. The SMILES string of the molecule is COc1cc(OC)c(OC)cc1/C=C1/CN(C)C/C(=C\c2cc(OC)c(OC)cc2OC)C1=O. The Morgan fingerprint density at radius 2 is 0.912 bits per heavy atom. The first kappa shape index (κ1) is 25.0. The van der Waals surface area contributed by atoms with E-state index in [1.54, 1.807) is 66.9 Å². The number of methoxy groups -OCH3 is 6. The van der Waals surface area contributed by atoms with E-state index >= 15 is 0 Å². The van der Waals surface area contributed by atoms with Crippen LogP contribution in [0.25, 0.3) is 12.2 Å². The molecule has 1 aliphatic heterocycles. The number of piperidine rings is 1. The van der Waals surface area contributed by atoms with Gasteiger partial charge in [-0.3, -0.25) is 9.69 Å². The van der Waals surface area contributed by atoms with Crippen molar-refractivity contribution in [3.8, 4) is 34.5 Å². The third kappa shape index (κ3) is 5.12. The maximum Gasteiger partial charge on any atom is 0.187 e. The zero-order valence-corrected chi connectivity index (χ0v) is 20.7. The van der Waals surface area contributed by atoms with Crippen molar-refractivity contribution in [1.82, 2.24) is 4.90 Å². The smallest absolute Gasteiger partial charge is 0.187 e. The molecule has 3 rings (SSSR count). The highest BCUT2D eigenvalue weighted by molar-refractivity contribution is 6.15. The van der Waals surface area contributed by atoms with Crippen molar-refractivity contribution in [2.45, 2.75) is 0 Å². The predicted octanol–water partition coefficient (Wildman–Crippen LogP) is 3.72. The fourth-order valence-corrected chi connectivity index (χ4v) is 3.92. The van der Waals surface area contributed by atoms with Crippen molar-refractivity contribution < 1.29 is 33.2 Å². The molecule has 0 aliphatic carbocycles. The molecule has 0 spiro atoms. The van der Waals surface area contributed by atoms with Gasteiger partial charge in [0.25, 0.3) is 0 Å². The van der Waals surface area contributed by atoms with Crippen molar-refractivity contribution in [3.63, 3.8) is 0 Å². The number of Topliss-reactive ketones (excluding diaryl/α,β-unsaturated/α-hetero) is 1. The van der Waals surface area contributed by atoms with Crippen LogP contribution in [0.3, 0.4) is 0 Å². The fraction of sp³-hybridized carbons (Fsp3) is 0.346. The molecule has 1 saturated heterocycles. The van der Waals surface area contributed by atoms with Gasteiger partial charge in [-0.1, -0.05) is 0 Å². The summed E-state index contributed by atoms with van der Waals surface area (Å²) >= 11 is 0. The minimum atomic E-state index is -0.0493. The van der Waals surface area contributed by atoms with E-state index in [1.165, 1.54) is 0 Å². The molecule has 2 aromatic carbocycles. The average Bonchev–Trinajstić information content (AvgIpc) is 2.85. The first-order valence-corrected chi connectivity index (χ1v) is 10.6. The summed E-state index contributed by atoms with van der Waals surface area (Å²) in [6.07, 6.45) is 3.66. The number of hydrogen-bond acceptors (Lipinski definition) is 8. The summed E-state index contributed by atoms with van der Waals surface area (Å²) in [5.74, 6) is 3.32. The summed E-state index contributed by atoms with van der Waals surface area (Å²) in [6, 6.07) is 7.08. The van der Waals surface area contributed by atoms with Gasteiger partial charge in [-0.05, 0) is 31.3 Å². The monoisotopic (exact) mass is 469 g/mol. The Hall–Kier alpha value is -3.65. The van der Waals surface area contributed by atoms with Gasteiger partial charge in [0, 0.05) is 47.5 Å². The number of hydrogen-bond donors (Lipinski definition) is 0. The molecule has 8 heteroatoms. The molecule has 0 aromatic heterocycles. The molecule has 0 N–H and O–H groups in total. The maximum atomic E-state index is 13.5. The summed E-state index contributed by atoms with van der Waals surface area (Å²) in [4.78, 5) is 15.5. The lowest BCUT2D eigenvalue weighted by Gasteiger charge is -2.26. The Morgan fingerprint density at radius 1 is 0.588 bits per heavy atom. The quantitative estimate of drug-likeness (QED) is 0.542. The van der Waals surface area contributed by atoms with Gasteiger partial charge in [-0.25, -0.2) is 0 Å². The summed E-state index contributed by atoms with van der Waals surface area (Å²) in [5.41, 5.74) is 2.71. The number of benzene rings is 2. The number of carbonyl (C=O) groups excluding carboxylic acids is 1. The lowest BCUT2D eigenvalue weighted by atomic mass is 9.94. The van der Waals surface area contributed by atoms with Crippen molar-refractivity contribution in [2.75, 3.05) is 62.8 Å². The van der Waals surface area contributed by atoms with Crippen LogP contribution in [0.15, 0.2) is 35.4 Å². The number of rotatable bonds is 8. The summed E-state index contributed by atoms with van der Waals surface area (Å²) in [6.45, 7) is 0.994. The van der Waals surface area contributed by atoms with Crippen molar-refractivity contribution in [2.24, 2.45) is 0 Å². The minimum Gasteiger partial charge on any atom is -0.496 e. The Morgan fingerprint density at radius 3 is 1.24 bits per heavy atom. The molecule has 2 aromatic rings. The second-order valence-electron chi connectivity index (χ2n) is 7.74. The second-order valence-corrected chi connectivity index (χ2v) is 7.74. The Balaban J connectivity index is 2.07. The average molecular weight is 470 g/mol. The van der Waals surface area contributed by atoms with E-state index in [0.717, 1.165) is 11.1 Å². The number of nitrogens with zero attached hydrogens (tertiary/aromatic N) is 1. The maximum absolute atomic E-state index is 13.5. The van der Waals surface area contributed by atoms with Gasteiger partial charge in [0.1, 0.15) is 11.5 Å². The predicted molar refractivity (Wildman–Crippen MR) is 131 cm³/mol. The highest BCUT2D eigenvalue weighted by atomic mass is 16.5. The Labute approximate surface area is 200 Å². The molecular formula is C26H31NO7. The molecular weight excluding hydrogens is 438 g/mol. The van der Waals surface area contributed by atoms with Crippen LogP contribution in [-0.2, 0) is 4.79 Å². The van der Waals surface area contributed by atoms with Crippen LogP contribution in [-0.4, -0.2) is 73.5 Å². The molecule has 1 fully saturated rings. The molecule has 8 nitrogen and oxygen atoms in total. The largest absolute Gasteiger partial charge is 0.496 e. The van der Waals surface area contributed by atoms with Crippen LogP contribution in [0.4, 0.5) is 0 Å². The normalized spacial score (nSPS) is 16.5. The molecule has 0 bridgehead atoms. The van der Waals surface area contributed by atoms with Crippen LogP contribution in [0, 0.1) is 0 Å². The van der Waals surface area contributed by atoms with Gasteiger partial charge in [-0.15, -0.1) is 0 Å². The highest BCUT2D eigenvalue weighted by Gasteiger charge is 2.25. The van der Waals surface area contributed by atoms with E-state index in [1.807, 2.05) is 19.2 Å². The molecule has 0 amide bonds. The minimum absolute atomic E-state index is 0.0493. The standard InChI is InChI=1S/C26H31NO7/c1-27-14-18(8-16-10-22(31-4)24(33-6)12-20(16)29-2)26(28)19(15-27)9-17-11-23(32-5)25(34-7)13-21(17)30-3/h8-13H,14-15H2,1-7H3/b18-8-,19-9+. The zero-order valence-electron chi connectivity index (χ0n) is 20.7. The van der Waals surface area contributed by atoms with Gasteiger partial charge >= 0.3 is 0 Å².